The summed E-state index contributed by atoms with van der Waals surface area (Å²) in [4.78, 5) is 14.5. The van der Waals surface area contributed by atoms with Gasteiger partial charge in [-0.1, -0.05) is 6.92 Å². The Morgan fingerprint density at radius 2 is 1.88 bits per heavy atom. The number of hydrogen-bond acceptors (Lipinski definition) is 2. The quantitative estimate of drug-likeness (QED) is 0.814. The maximum atomic E-state index is 12.6. The fourth-order valence-electron chi connectivity index (χ4n) is 3.00. The van der Waals surface area contributed by atoms with Crippen molar-refractivity contribution in [1.29, 1.82) is 0 Å². The Morgan fingerprint density at radius 1 is 1.29 bits per heavy atom. The average Bonchev–Trinajstić information content (AvgIpc) is 3.13. The molecule has 3 heteroatoms. The Bertz CT molecular complexity index is 278. The van der Waals surface area contributed by atoms with Gasteiger partial charge in [0.25, 0.3) is 0 Å². The molecule has 0 spiro atoms. The van der Waals surface area contributed by atoms with Gasteiger partial charge in [0.05, 0.1) is 5.41 Å². The second-order valence-electron chi connectivity index (χ2n) is 6.30. The molecular weight excluding hydrogens is 212 g/mol. The van der Waals surface area contributed by atoms with E-state index in [0.717, 1.165) is 44.1 Å². The molecular formula is C14H26N2O. The van der Waals surface area contributed by atoms with Crippen LogP contribution < -0.4 is 5.73 Å². The molecule has 0 aliphatic heterocycles. The van der Waals surface area contributed by atoms with E-state index in [1.807, 2.05) is 11.9 Å². The van der Waals surface area contributed by atoms with E-state index in [9.17, 15) is 4.79 Å². The summed E-state index contributed by atoms with van der Waals surface area (Å²) in [5, 5.41) is 0. The molecule has 0 radical (unpaired) electrons. The second kappa shape index (κ2) is 4.97. The molecule has 0 heterocycles. The highest BCUT2D eigenvalue weighted by Crippen LogP contribution is 2.40. The van der Waals surface area contributed by atoms with Crippen molar-refractivity contribution in [2.75, 3.05) is 20.1 Å². The van der Waals surface area contributed by atoms with E-state index < -0.39 is 0 Å². The summed E-state index contributed by atoms with van der Waals surface area (Å²) < 4.78 is 0. The van der Waals surface area contributed by atoms with Crippen molar-refractivity contribution < 1.29 is 4.79 Å². The predicted octanol–water partition coefficient (Wildman–Crippen LogP) is 2.01. The first-order chi connectivity index (χ1) is 8.07. The lowest BCUT2D eigenvalue weighted by Gasteiger charge is -2.39. The van der Waals surface area contributed by atoms with E-state index in [-0.39, 0.29) is 5.41 Å². The van der Waals surface area contributed by atoms with Crippen molar-refractivity contribution in [2.24, 2.45) is 23.0 Å². The van der Waals surface area contributed by atoms with Crippen LogP contribution in [0, 0.1) is 17.3 Å². The lowest BCUT2D eigenvalue weighted by molar-refractivity contribution is -0.143. The first-order valence-electron chi connectivity index (χ1n) is 7.03. The van der Waals surface area contributed by atoms with Gasteiger partial charge >= 0.3 is 0 Å². The zero-order chi connectivity index (χ0) is 12.5. The van der Waals surface area contributed by atoms with Crippen LogP contribution in [0.5, 0.6) is 0 Å². The summed E-state index contributed by atoms with van der Waals surface area (Å²) in [6.07, 6.45) is 6.87. The van der Waals surface area contributed by atoms with E-state index >= 15 is 0 Å². The van der Waals surface area contributed by atoms with Gasteiger partial charge in [-0.25, -0.2) is 0 Å². The fourth-order valence-corrected chi connectivity index (χ4v) is 3.00. The molecule has 0 aromatic rings. The topological polar surface area (TPSA) is 46.3 Å². The van der Waals surface area contributed by atoms with Crippen molar-refractivity contribution in [3.8, 4) is 0 Å². The normalized spacial score (nSPS) is 33.5. The molecule has 0 aromatic carbocycles. The highest BCUT2D eigenvalue weighted by Gasteiger charge is 2.42. The predicted molar refractivity (Wildman–Crippen MR) is 69.5 cm³/mol. The molecule has 0 aromatic heterocycles. The summed E-state index contributed by atoms with van der Waals surface area (Å²) in [6, 6.07) is 0. The first kappa shape index (κ1) is 12.9. The lowest BCUT2D eigenvalue weighted by Crippen LogP contribution is -2.49. The Morgan fingerprint density at radius 3 is 2.35 bits per heavy atom. The first-order valence-corrected chi connectivity index (χ1v) is 7.03. The molecule has 2 N–H and O–H groups in total. The summed E-state index contributed by atoms with van der Waals surface area (Å²) in [5.74, 6) is 1.83. The molecule has 17 heavy (non-hydrogen) atoms. The molecule has 2 saturated carbocycles. The van der Waals surface area contributed by atoms with Crippen molar-refractivity contribution in [2.45, 2.75) is 45.4 Å². The third-order valence-corrected chi connectivity index (χ3v) is 4.65. The molecule has 0 saturated heterocycles. The zero-order valence-electron chi connectivity index (χ0n) is 11.2. The zero-order valence-corrected chi connectivity index (χ0v) is 11.2. The smallest absolute Gasteiger partial charge is 0.229 e. The average molecular weight is 238 g/mol. The number of nitrogens with two attached hydrogens (primary N) is 1. The van der Waals surface area contributed by atoms with Gasteiger partial charge in [0.1, 0.15) is 0 Å². The van der Waals surface area contributed by atoms with Crippen molar-refractivity contribution in [3.63, 3.8) is 0 Å². The van der Waals surface area contributed by atoms with Crippen LogP contribution in [0.3, 0.4) is 0 Å². The molecule has 1 amide bonds. The van der Waals surface area contributed by atoms with Crippen molar-refractivity contribution >= 4 is 5.91 Å². The van der Waals surface area contributed by atoms with Crippen LogP contribution in [-0.2, 0) is 4.79 Å². The Kier molecular flexibility index (Phi) is 3.76. The van der Waals surface area contributed by atoms with Gasteiger partial charge in [0.15, 0.2) is 0 Å². The van der Waals surface area contributed by atoms with Gasteiger partial charge in [-0.05, 0) is 50.4 Å². The van der Waals surface area contributed by atoms with Gasteiger partial charge in [-0.15, -0.1) is 0 Å². The third kappa shape index (κ3) is 2.82. The van der Waals surface area contributed by atoms with E-state index in [1.165, 1.54) is 12.8 Å². The van der Waals surface area contributed by atoms with Crippen LogP contribution in [0.4, 0.5) is 0 Å². The highest BCUT2D eigenvalue weighted by atomic mass is 16.2. The Hall–Kier alpha value is -0.570. The standard InChI is InChI=1S/C14H26N2O/c1-11-5-7-14(10-15,8-6-11)13(17)16(2)9-12-3-4-12/h11-12H,3-10,15H2,1-2H3. The van der Waals surface area contributed by atoms with Gasteiger partial charge < -0.3 is 10.6 Å². The molecule has 0 atom stereocenters. The highest BCUT2D eigenvalue weighted by molar-refractivity contribution is 5.83. The van der Waals surface area contributed by atoms with E-state index in [1.54, 1.807) is 0 Å². The Labute approximate surface area is 105 Å². The summed E-state index contributed by atoms with van der Waals surface area (Å²) in [6.45, 7) is 3.74. The van der Waals surface area contributed by atoms with Crippen LogP contribution >= 0.6 is 0 Å². The largest absolute Gasteiger partial charge is 0.345 e. The number of hydrogen-bond donors (Lipinski definition) is 1. The van der Waals surface area contributed by atoms with Gasteiger partial charge in [0.2, 0.25) is 5.91 Å². The van der Waals surface area contributed by atoms with Crippen LogP contribution in [0.25, 0.3) is 0 Å². The molecule has 2 fully saturated rings. The lowest BCUT2D eigenvalue weighted by atomic mass is 9.70. The van der Waals surface area contributed by atoms with E-state index in [0.29, 0.717) is 12.5 Å². The second-order valence-corrected chi connectivity index (χ2v) is 6.30. The Balaban J connectivity index is 1.97. The number of rotatable bonds is 4. The number of carbonyl (C=O) groups excluding carboxylic acids is 1. The van der Waals surface area contributed by atoms with Gasteiger partial charge in [-0.2, -0.15) is 0 Å². The minimum absolute atomic E-state index is 0.240. The van der Waals surface area contributed by atoms with Crippen LogP contribution in [0.15, 0.2) is 0 Å². The maximum absolute atomic E-state index is 12.6. The maximum Gasteiger partial charge on any atom is 0.229 e. The fraction of sp³-hybridized carbons (Fsp3) is 0.929. The minimum atomic E-state index is -0.240. The van der Waals surface area contributed by atoms with Crippen molar-refractivity contribution in [3.05, 3.63) is 0 Å². The molecule has 2 aliphatic carbocycles. The third-order valence-electron chi connectivity index (χ3n) is 4.65. The van der Waals surface area contributed by atoms with Crippen LogP contribution in [0.2, 0.25) is 0 Å². The molecule has 2 aliphatic rings. The molecule has 98 valence electrons. The van der Waals surface area contributed by atoms with Gasteiger partial charge in [0, 0.05) is 20.1 Å². The number of carbonyl (C=O) groups is 1. The van der Waals surface area contributed by atoms with Gasteiger partial charge in [-0.3, -0.25) is 4.79 Å². The van der Waals surface area contributed by atoms with Crippen LogP contribution in [-0.4, -0.2) is 30.9 Å². The molecule has 0 unspecified atom stereocenters. The summed E-state index contributed by atoms with van der Waals surface area (Å²) >= 11 is 0. The summed E-state index contributed by atoms with van der Waals surface area (Å²) in [5.41, 5.74) is 5.68. The van der Waals surface area contributed by atoms with Crippen LogP contribution in [0.1, 0.15) is 45.4 Å². The SMILES string of the molecule is CC1CCC(CN)(C(=O)N(C)CC2CC2)CC1. The minimum Gasteiger partial charge on any atom is -0.345 e. The number of amides is 1. The van der Waals surface area contributed by atoms with E-state index in [2.05, 4.69) is 6.92 Å². The molecule has 2 rings (SSSR count). The van der Waals surface area contributed by atoms with Crippen molar-refractivity contribution in [1.82, 2.24) is 4.90 Å². The molecule has 3 nitrogen and oxygen atoms in total. The van der Waals surface area contributed by atoms with E-state index in [4.69, 9.17) is 5.73 Å². The monoisotopic (exact) mass is 238 g/mol. The number of nitrogens with zero attached hydrogens (tertiary/aromatic N) is 1. The molecule has 0 bridgehead atoms. The summed E-state index contributed by atoms with van der Waals surface area (Å²) in [7, 11) is 1.95.